The lowest BCUT2D eigenvalue weighted by molar-refractivity contribution is -0.118. The van der Waals surface area contributed by atoms with E-state index in [-0.39, 0.29) is 10.6 Å². The summed E-state index contributed by atoms with van der Waals surface area (Å²) in [4.78, 5) is 15.6. The molecule has 0 saturated heterocycles. The number of ketones is 1. The Morgan fingerprint density at radius 1 is 1.41 bits per heavy atom. The number of aromatic nitrogens is 1. The molecule has 0 amide bonds. The van der Waals surface area contributed by atoms with Crippen molar-refractivity contribution in [3.8, 4) is 0 Å². The summed E-state index contributed by atoms with van der Waals surface area (Å²) in [5.41, 5.74) is 1.19. The first kappa shape index (κ1) is 12.2. The Hall–Kier alpha value is -1.22. The van der Waals surface area contributed by atoms with Gasteiger partial charge in [0.15, 0.2) is 0 Å². The summed E-state index contributed by atoms with van der Waals surface area (Å²) in [5, 5.41) is 2.30. The van der Waals surface area contributed by atoms with Gasteiger partial charge in [0.2, 0.25) is 0 Å². The lowest BCUT2D eigenvalue weighted by Gasteiger charge is -2.10. The molecular formula is C14H14BrNO. The van der Waals surface area contributed by atoms with E-state index in [0.717, 1.165) is 11.8 Å². The van der Waals surface area contributed by atoms with Crippen LogP contribution < -0.4 is 0 Å². The third kappa shape index (κ3) is 2.72. The van der Waals surface area contributed by atoms with Crippen molar-refractivity contribution in [1.29, 1.82) is 0 Å². The van der Waals surface area contributed by atoms with E-state index in [1.807, 2.05) is 31.3 Å². The van der Waals surface area contributed by atoms with Crippen molar-refractivity contribution in [3.05, 3.63) is 42.2 Å². The summed E-state index contributed by atoms with van der Waals surface area (Å²) in [6, 6.07) is 8.12. The molecular weight excluding hydrogens is 278 g/mol. The van der Waals surface area contributed by atoms with Crippen molar-refractivity contribution in [3.63, 3.8) is 0 Å². The first-order chi connectivity index (χ1) is 8.22. The fourth-order valence-corrected chi connectivity index (χ4v) is 2.57. The van der Waals surface area contributed by atoms with Crippen LogP contribution in [0.25, 0.3) is 10.8 Å². The number of hydrogen-bond donors (Lipinski definition) is 0. The van der Waals surface area contributed by atoms with Crippen molar-refractivity contribution >= 4 is 32.5 Å². The molecule has 1 aromatic carbocycles. The van der Waals surface area contributed by atoms with Gasteiger partial charge < -0.3 is 0 Å². The molecule has 2 nitrogen and oxygen atoms in total. The molecule has 3 heteroatoms. The van der Waals surface area contributed by atoms with E-state index in [0.29, 0.717) is 6.42 Å². The smallest absolute Gasteiger partial charge is 0.146 e. The Morgan fingerprint density at radius 3 is 3.00 bits per heavy atom. The van der Waals surface area contributed by atoms with Gasteiger partial charge in [-0.3, -0.25) is 9.78 Å². The largest absolute Gasteiger partial charge is 0.298 e. The van der Waals surface area contributed by atoms with Gasteiger partial charge in [-0.25, -0.2) is 0 Å². The maximum Gasteiger partial charge on any atom is 0.146 e. The Morgan fingerprint density at radius 2 is 2.24 bits per heavy atom. The molecule has 0 saturated carbocycles. The fourth-order valence-electron chi connectivity index (χ4n) is 1.90. The highest BCUT2D eigenvalue weighted by Gasteiger charge is 2.14. The van der Waals surface area contributed by atoms with Crippen LogP contribution in [-0.4, -0.2) is 15.6 Å². The highest BCUT2D eigenvalue weighted by Crippen LogP contribution is 2.21. The number of halogens is 1. The molecule has 1 atom stereocenters. The minimum absolute atomic E-state index is 0.0914. The number of nitrogens with zero attached hydrogens (tertiary/aromatic N) is 1. The first-order valence-corrected chi connectivity index (χ1v) is 6.62. The lowest BCUT2D eigenvalue weighted by Crippen LogP contribution is -2.15. The molecule has 17 heavy (non-hydrogen) atoms. The predicted octanol–water partition coefficient (Wildman–Crippen LogP) is 3.52. The zero-order chi connectivity index (χ0) is 12.3. The summed E-state index contributed by atoms with van der Waals surface area (Å²) in [7, 11) is 0. The van der Waals surface area contributed by atoms with E-state index in [4.69, 9.17) is 0 Å². The Kier molecular flexibility index (Phi) is 3.89. The zero-order valence-electron chi connectivity index (χ0n) is 9.69. The molecule has 1 unspecified atom stereocenters. The van der Waals surface area contributed by atoms with Gasteiger partial charge in [0.1, 0.15) is 5.78 Å². The highest BCUT2D eigenvalue weighted by atomic mass is 79.9. The van der Waals surface area contributed by atoms with Crippen molar-refractivity contribution in [1.82, 2.24) is 4.98 Å². The Labute approximate surface area is 109 Å². The molecule has 1 aromatic heterocycles. The Balaban J connectivity index is 2.33. The average Bonchev–Trinajstić information content (AvgIpc) is 2.38. The fraction of sp³-hybridized carbons (Fsp3) is 0.286. The standard InChI is InChI=1S/C14H14BrNO/c1-2-14(17)13(15)8-10-4-3-5-11-9-16-7-6-12(10)11/h3-7,9,13H,2,8H2,1H3. The van der Waals surface area contributed by atoms with Gasteiger partial charge >= 0.3 is 0 Å². The molecule has 88 valence electrons. The molecule has 0 aliphatic rings. The lowest BCUT2D eigenvalue weighted by atomic mass is 10.0. The normalized spacial score (nSPS) is 12.6. The van der Waals surface area contributed by atoms with Crippen molar-refractivity contribution in [2.45, 2.75) is 24.6 Å². The number of carbonyl (C=O) groups is 1. The quantitative estimate of drug-likeness (QED) is 0.807. The number of fused-ring (bicyclic) bond motifs is 1. The van der Waals surface area contributed by atoms with Crippen LogP contribution in [0.3, 0.4) is 0 Å². The summed E-state index contributed by atoms with van der Waals surface area (Å²) >= 11 is 3.46. The average molecular weight is 292 g/mol. The van der Waals surface area contributed by atoms with Crippen molar-refractivity contribution in [2.24, 2.45) is 0 Å². The van der Waals surface area contributed by atoms with Gasteiger partial charge in [-0.1, -0.05) is 41.1 Å². The molecule has 0 aliphatic carbocycles. The van der Waals surface area contributed by atoms with Gasteiger partial charge in [-0.05, 0) is 23.4 Å². The number of alkyl halides is 1. The molecule has 2 aromatic rings. The minimum atomic E-state index is -0.0914. The SMILES string of the molecule is CCC(=O)C(Br)Cc1cccc2cnccc12. The molecule has 0 radical (unpaired) electrons. The van der Waals surface area contributed by atoms with E-state index in [1.54, 1.807) is 6.20 Å². The summed E-state index contributed by atoms with van der Waals surface area (Å²) in [6.45, 7) is 1.89. The van der Waals surface area contributed by atoms with Crippen molar-refractivity contribution in [2.75, 3.05) is 0 Å². The van der Waals surface area contributed by atoms with Crippen LogP contribution in [0.15, 0.2) is 36.7 Å². The second-order valence-corrected chi connectivity index (χ2v) is 5.11. The summed E-state index contributed by atoms with van der Waals surface area (Å²) < 4.78 is 0. The first-order valence-electron chi connectivity index (χ1n) is 5.70. The van der Waals surface area contributed by atoms with Gasteiger partial charge in [-0.2, -0.15) is 0 Å². The van der Waals surface area contributed by atoms with Gasteiger partial charge in [0.05, 0.1) is 4.83 Å². The molecule has 0 aliphatic heterocycles. The number of rotatable bonds is 4. The molecule has 2 rings (SSSR count). The molecule has 0 bridgehead atoms. The van der Waals surface area contributed by atoms with Crippen LogP contribution in [0, 0.1) is 0 Å². The molecule has 0 spiro atoms. The molecule has 0 fully saturated rings. The van der Waals surface area contributed by atoms with E-state index in [9.17, 15) is 4.79 Å². The van der Waals surface area contributed by atoms with Gasteiger partial charge in [-0.15, -0.1) is 0 Å². The van der Waals surface area contributed by atoms with Crippen LogP contribution in [0.2, 0.25) is 0 Å². The summed E-state index contributed by atoms with van der Waals surface area (Å²) in [6.07, 6.45) is 4.94. The number of Topliss-reactive ketones (excluding diaryl/α,β-unsaturated/α-hetero) is 1. The van der Waals surface area contributed by atoms with E-state index in [2.05, 4.69) is 27.0 Å². The second-order valence-electron chi connectivity index (χ2n) is 4.01. The van der Waals surface area contributed by atoms with Crippen LogP contribution in [0.4, 0.5) is 0 Å². The second kappa shape index (κ2) is 5.41. The maximum atomic E-state index is 11.6. The van der Waals surface area contributed by atoms with Crippen LogP contribution in [0.1, 0.15) is 18.9 Å². The van der Waals surface area contributed by atoms with Gasteiger partial charge in [0.25, 0.3) is 0 Å². The molecule has 0 N–H and O–H groups in total. The number of carbonyl (C=O) groups excluding carboxylic acids is 1. The van der Waals surface area contributed by atoms with E-state index < -0.39 is 0 Å². The van der Waals surface area contributed by atoms with Gasteiger partial charge in [0, 0.05) is 24.2 Å². The van der Waals surface area contributed by atoms with Crippen LogP contribution in [0.5, 0.6) is 0 Å². The van der Waals surface area contributed by atoms with Crippen molar-refractivity contribution < 1.29 is 4.79 Å². The predicted molar refractivity (Wildman–Crippen MR) is 73.5 cm³/mol. The topological polar surface area (TPSA) is 30.0 Å². The number of hydrogen-bond acceptors (Lipinski definition) is 2. The zero-order valence-corrected chi connectivity index (χ0v) is 11.3. The highest BCUT2D eigenvalue weighted by molar-refractivity contribution is 9.10. The number of benzene rings is 1. The minimum Gasteiger partial charge on any atom is -0.298 e. The summed E-state index contributed by atoms with van der Waals surface area (Å²) in [5.74, 6) is 0.246. The van der Waals surface area contributed by atoms with E-state index in [1.165, 1.54) is 10.9 Å². The Bertz CT molecular complexity index is 533. The van der Waals surface area contributed by atoms with Crippen LogP contribution >= 0.6 is 15.9 Å². The van der Waals surface area contributed by atoms with E-state index >= 15 is 0 Å². The third-order valence-corrected chi connectivity index (χ3v) is 3.70. The number of pyridine rings is 1. The monoisotopic (exact) mass is 291 g/mol. The maximum absolute atomic E-state index is 11.6. The molecule has 1 heterocycles. The van der Waals surface area contributed by atoms with Crippen LogP contribution in [-0.2, 0) is 11.2 Å². The third-order valence-electron chi connectivity index (χ3n) is 2.87.